The molecule has 4 aliphatic carbocycles. The van der Waals surface area contributed by atoms with Gasteiger partial charge in [-0.2, -0.15) is 0 Å². The van der Waals surface area contributed by atoms with Crippen molar-refractivity contribution in [1.82, 2.24) is 0 Å². The van der Waals surface area contributed by atoms with Crippen LogP contribution in [0.3, 0.4) is 0 Å². The number of carbonyl (C=O) groups excluding carboxylic acids is 1. The van der Waals surface area contributed by atoms with E-state index in [0.29, 0.717) is 17.3 Å². The van der Waals surface area contributed by atoms with E-state index in [1.165, 1.54) is 180 Å². The molecule has 2 nitrogen and oxygen atoms in total. The third kappa shape index (κ3) is 13.2. The van der Waals surface area contributed by atoms with Crippen LogP contribution >= 0.6 is 0 Å². The van der Waals surface area contributed by atoms with Crippen molar-refractivity contribution in [3.05, 3.63) is 11.6 Å². The van der Waals surface area contributed by atoms with Crippen molar-refractivity contribution < 1.29 is 9.53 Å². The second-order valence-electron chi connectivity index (χ2n) is 20.1. The van der Waals surface area contributed by atoms with Gasteiger partial charge in [0.2, 0.25) is 0 Å². The van der Waals surface area contributed by atoms with Gasteiger partial charge in [0.1, 0.15) is 6.10 Å². The number of esters is 1. The van der Waals surface area contributed by atoms with Crippen LogP contribution in [-0.2, 0) is 9.53 Å². The molecule has 0 amide bonds. The number of hydrogen-bond acceptors (Lipinski definition) is 2. The van der Waals surface area contributed by atoms with Crippen molar-refractivity contribution >= 4 is 5.97 Å². The monoisotopic (exact) mass is 723 g/mol. The van der Waals surface area contributed by atoms with Gasteiger partial charge in [-0.25, -0.2) is 0 Å². The van der Waals surface area contributed by atoms with Crippen molar-refractivity contribution in [1.29, 1.82) is 0 Å². The van der Waals surface area contributed by atoms with Crippen molar-refractivity contribution in [2.24, 2.45) is 46.3 Å². The third-order valence-electron chi connectivity index (χ3n) is 15.8. The predicted octanol–water partition coefficient (Wildman–Crippen LogP) is 16.2. The molecular formula is C50H90O2. The molecule has 0 aromatic carbocycles. The summed E-state index contributed by atoms with van der Waals surface area (Å²) in [4.78, 5) is 12.9. The molecular weight excluding hydrogens is 633 g/mol. The number of fused-ring (bicyclic) bond motifs is 5. The minimum Gasteiger partial charge on any atom is -0.462 e. The Labute approximate surface area is 325 Å². The maximum absolute atomic E-state index is 12.9. The van der Waals surface area contributed by atoms with Crippen LogP contribution in [-0.4, -0.2) is 12.1 Å². The molecule has 0 spiro atoms. The van der Waals surface area contributed by atoms with E-state index in [-0.39, 0.29) is 12.1 Å². The quantitative estimate of drug-likeness (QED) is 0.0479. The number of rotatable bonds is 27. The van der Waals surface area contributed by atoms with Gasteiger partial charge in [-0.3, -0.25) is 4.79 Å². The summed E-state index contributed by atoms with van der Waals surface area (Å²) >= 11 is 0. The molecule has 0 saturated heterocycles. The Kier molecular flexibility index (Phi) is 19.7. The summed E-state index contributed by atoms with van der Waals surface area (Å²) in [6.45, 7) is 15.0. The number of allylic oxidation sites excluding steroid dienone is 1. The summed E-state index contributed by atoms with van der Waals surface area (Å²) in [7, 11) is 0. The molecule has 0 N–H and O–H groups in total. The van der Waals surface area contributed by atoms with E-state index in [1.54, 1.807) is 5.57 Å². The summed E-state index contributed by atoms with van der Waals surface area (Å²) in [5, 5.41) is 0. The first-order chi connectivity index (χ1) is 25.2. The maximum atomic E-state index is 12.9. The molecule has 0 heterocycles. The Hall–Kier alpha value is -0.790. The van der Waals surface area contributed by atoms with Crippen LogP contribution in [0.2, 0.25) is 0 Å². The molecule has 3 saturated carbocycles. The Morgan fingerprint density at radius 2 is 1.23 bits per heavy atom. The minimum atomic E-state index is 0.0678. The molecule has 0 aliphatic heterocycles. The summed E-state index contributed by atoms with van der Waals surface area (Å²) < 4.78 is 6.15. The molecule has 8 atom stereocenters. The lowest BCUT2D eigenvalue weighted by Gasteiger charge is -2.58. The zero-order valence-corrected chi connectivity index (χ0v) is 36.1. The second-order valence-corrected chi connectivity index (χ2v) is 20.1. The van der Waals surface area contributed by atoms with Gasteiger partial charge < -0.3 is 4.74 Å². The van der Waals surface area contributed by atoms with Crippen LogP contribution < -0.4 is 0 Å². The Morgan fingerprint density at radius 3 is 1.79 bits per heavy atom. The highest BCUT2D eigenvalue weighted by atomic mass is 16.5. The maximum Gasteiger partial charge on any atom is 0.306 e. The van der Waals surface area contributed by atoms with Crippen LogP contribution in [0.4, 0.5) is 0 Å². The summed E-state index contributed by atoms with van der Waals surface area (Å²) in [5.74, 6) is 5.34. The lowest BCUT2D eigenvalue weighted by molar-refractivity contribution is -0.151. The highest BCUT2D eigenvalue weighted by Gasteiger charge is 2.59. The average molecular weight is 723 g/mol. The molecule has 4 aliphatic rings. The fourth-order valence-corrected chi connectivity index (χ4v) is 12.5. The standard InChI is InChI=1S/C50H90O2/c1-7-8-9-10-11-12-13-14-15-16-17-18-19-20-21-22-23-24-25-26-30-48(51)52-43-35-37-49(5)42(39-43)31-32-44-46-34-33-45(41(4)29-27-28-40(2)3)50(46,6)38-36-47(44)49/h31,40-41,43-47H,7-30,32-39H2,1-6H3/t41-,43+,44+,45?,46+,47+,49+,50-/m1/s1. The number of ether oxygens (including phenoxy) is 1. The fraction of sp³-hybridized carbons (Fsp3) is 0.940. The van der Waals surface area contributed by atoms with E-state index in [4.69, 9.17) is 4.74 Å². The zero-order chi connectivity index (χ0) is 37.2. The van der Waals surface area contributed by atoms with Gasteiger partial charge in [0.15, 0.2) is 0 Å². The van der Waals surface area contributed by atoms with Crippen LogP contribution in [0.25, 0.3) is 0 Å². The highest BCUT2D eigenvalue weighted by Crippen LogP contribution is 2.67. The second kappa shape index (κ2) is 23.3. The van der Waals surface area contributed by atoms with Gasteiger partial charge >= 0.3 is 5.97 Å². The van der Waals surface area contributed by atoms with Crippen molar-refractivity contribution in [3.63, 3.8) is 0 Å². The lowest BCUT2D eigenvalue weighted by Crippen LogP contribution is -2.51. The predicted molar refractivity (Wildman–Crippen MR) is 226 cm³/mol. The molecule has 1 unspecified atom stereocenters. The number of hydrogen-bond donors (Lipinski definition) is 0. The van der Waals surface area contributed by atoms with Crippen molar-refractivity contribution in [3.8, 4) is 0 Å². The zero-order valence-electron chi connectivity index (χ0n) is 36.1. The minimum absolute atomic E-state index is 0.0678. The van der Waals surface area contributed by atoms with E-state index in [0.717, 1.165) is 54.8 Å². The fourth-order valence-electron chi connectivity index (χ4n) is 12.5. The lowest BCUT2D eigenvalue weighted by atomic mass is 9.47. The van der Waals surface area contributed by atoms with E-state index in [2.05, 4.69) is 47.6 Å². The van der Waals surface area contributed by atoms with Crippen LogP contribution in [0.15, 0.2) is 11.6 Å². The van der Waals surface area contributed by atoms with Crippen LogP contribution in [0.5, 0.6) is 0 Å². The summed E-state index contributed by atoms with van der Waals surface area (Å²) in [6, 6.07) is 0. The molecule has 0 radical (unpaired) electrons. The first-order valence-corrected chi connectivity index (χ1v) is 24.1. The smallest absolute Gasteiger partial charge is 0.306 e. The first kappa shape index (κ1) is 43.9. The van der Waals surface area contributed by atoms with Crippen molar-refractivity contribution in [2.45, 2.75) is 253 Å². The van der Waals surface area contributed by atoms with Crippen molar-refractivity contribution in [2.75, 3.05) is 0 Å². The molecule has 0 bridgehead atoms. The third-order valence-corrected chi connectivity index (χ3v) is 15.8. The van der Waals surface area contributed by atoms with Crippen LogP contribution in [0.1, 0.15) is 247 Å². The number of unbranched alkanes of at least 4 members (excludes halogenated alkanes) is 19. The highest BCUT2D eigenvalue weighted by molar-refractivity contribution is 5.69. The van der Waals surface area contributed by atoms with Gasteiger partial charge in [-0.1, -0.05) is 194 Å². The van der Waals surface area contributed by atoms with E-state index in [9.17, 15) is 4.79 Å². The largest absolute Gasteiger partial charge is 0.462 e. The van der Waals surface area contributed by atoms with Crippen LogP contribution in [0, 0.1) is 46.3 Å². The van der Waals surface area contributed by atoms with Gasteiger partial charge in [0.25, 0.3) is 0 Å². The molecule has 52 heavy (non-hydrogen) atoms. The summed E-state index contributed by atoms with van der Waals surface area (Å²) in [5.41, 5.74) is 2.54. The van der Waals surface area contributed by atoms with E-state index in [1.807, 2.05) is 0 Å². The summed E-state index contributed by atoms with van der Waals surface area (Å²) in [6.07, 6.45) is 45.8. The Morgan fingerprint density at radius 1 is 0.673 bits per heavy atom. The normalized spacial score (nSPS) is 30.4. The average Bonchev–Trinajstić information content (AvgIpc) is 3.48. The van der Waals surface area contributed by atoms with E-state index < -0.39 is 0 Å². The van der Waals surface area contributed by atoms with Gasteiger partial charge in [-0.15, -0.1) is 0 Å². The topological polar surface area (TPSA) is 26.3 Å². The molecule has 0 aromatic heterocycles. The molecule has 302 valence electrons. The Bertz CT molecular complexity index is 1010. The molecule has 3 fully saturated rings. The first-order valence-electron chi connectivity index (χ1n) is 24.1. The molecule has 2 heteroatoms. The van der Waals surface area contributed by atoms with Gasteiger partial charge in [-0.05, 0) is 97.7 Å². The number of carbonyl (C=O) groups is 1. The molecule has 0 aromatic rings. The van der Waals surface area contributed by atoms with E-state index >= 15 is 0 Å². The Balaban J connectivity index is 1.02. The molecule has 4 rings (SSSR count). The van der Waals surface area contributed by atoms with Gasteiger partial charge in [0, 0.05) is 12.8 Å². The van der Waals surface area contributed by atoms with Gasteiger partial charge in [0.05, 0.1) is 0 Å². The SMILES string of the molecule is CCCCCCCCCCCCCCCCCCCCCCC(=O)O[C@H]1CC[C@@]2(C)C(=CC[C@@H]3[C@@H]2CC[C@]2(C)C([C@H](C)CCCC(C)C)CC[C@@H]32)C1.